The van der Waals surface area contributed by atoms with E-state index in [1.807, 2.05) is 48.5 Å². The maximum absolute atomic E-state index is 12.6. The van der Waals surface area contributed by atoms with E-state index in [9.17, 15) is 14.7 Å². The number of aryl methyl sites for hydroxylation is 1. The molecular formula is C29H22Cl2O4. The Labute approximate surface area is 213 Å². The summed E-state index contributed by atoms with van der Waals surface area (Å²) >= 11 is 11.8. The van der Waals surface area contributed by atoms with Gasteiger partial charge in [0.25, 0.3) is 0 Å². The van der Waals surface area contributed by atoms with Gasteiger partial charge in [-0.1, -0.05) is 59.6 Å². The Hall–Kier alpha value is -3.60. The highest BCUT2D eigenvalue weighted by atomic mass is 35.5. The number of carbonyl (C=O) groups is 2. The molecule has 0 spiro atoms. The van der Waals surface area contributed by atoms with Gasteiger partial charge in [0.15, 0.2) is 11.9 Å². The van der Waals surface area contributed by atoms with Gasteiger partial charge in [0.05, 0.1) is 0 Å². The van der Waals surface area contributed by atoms with Crippen molar-refractivity contribution >= 4 is 35.0 Å². The summed E-state index contributed by atoms with van der Waals surface area (Å²) in [6, 6.07) is 28.7. The van der Waals surface area contributed by atoms with Crippen LogP contribution in [0.3, 0.4) is 0 Å². The molecule has 1 unspecified atom stereocenters. The quantitative estimate of drug-likeness (QED) is 0.242. The van der Waals surface area contributed by atoms with Gasteiger partial charge in [-0.3, -0.25) is 4.79 Å². The summed E-state index contributed by atoms with van der Waals surface area (Å²) in [5, 5.41) is 10.9. The van der Waals surface area contributed by atoms with Crippen molar-refractivity contribution in [3.63, 3.8) is 0 Å². The van der Waals surface area contributed by atoms with Crippen molar-refractivity contribution in [3.05, 3.63) is 124 Å². The zero-order chi connectivity index (χ0) is 24.8. The fourth-order valence-corrected chi connectivity index (χ4v) is 3.91. The average Bonchev–Trinajstić information content (AvgIpc) is 2.87. The molecule has 4 nitrogen and oxygen atoms in total. The van der Waals surface area contributed by atoms with Gasteiger partial charge < -0.3 is 9.84 Å². The molecule has 4 aromatic carbocycles. The molecule has 0 fully saturated rings. The first-order chi connectivity index (χ1) is 16.9. The van der Waals surface area contributed by atoms with E-state index in [4.69, 9.17) is 27.9 Å². The molecule has 4 rings (SSSR count). The van der Waals surface area contributed by atoms with Crippen molar-refractivity contribution in [1.29, 1.82) is 0 Å². The molecule has 0 aliphatic heterocycles. The predicted molar refractivity (Wildman–Crippen MR) is 139 cm³/mol. The lowest BCUT2D eigenvalue weighted by atomic mass is 10.0. The number of ketones is 1. The van der Waals surface area contributed by atoms with Crippen molar-refractivity contribution in [1.82, 2.24) is 0 Å². The molecule has 0 saturated carbocycles. The van der Waals surface area contributed by atoms with Crippen molar-refractivity contribution in [2.24, 2.45) is 0 Å². The first-order valence-electron chi connectivity index (χ1n) is 11.0. The highest BCUT2D eigenvalue weighted by Gasteiger charge is 2.20. The molecule has 4 aromatic rings. The van der Waals surface area contributed by atoms with E-state index in [2.05, 4.69) is 0 Å². The second-order valence-corrected chi connectivity index (χ2v) is 8.92. The van der Waals surface area contributed by atoms with Crippen molar-refractivity contribution in [2.75, 3.05) is 0 Å². The van der Waals surface area contributed by atoms with Gasteiger partial charge in [-0.05, 0) is 90.2 Å². The highest BCUT2D eigenvalue weighted by molar-refractivity contribution is 6.31. The molecule has 1 atom stereocenters. The van der Waals surface area contributed by atoms with Gasteiger partial charge in [0.1, 0.15) is 5.75 Å². The second-order valence-electron chi connectivity index (χ2n) is 8.05. The molecule has 0 amide bonds. The van der Waals surface area contributed by atoms with Crippen molar-refractivity contribution < 1.29 is 19.4 Å². The van der Waals surface area contributed by atoms with Crippen LogP contribution in [0.5, 0.6) is 5.75 Å². The number of carboxylic acid groups (broad SMARTS) is 1. The Morgan fingerprint density at radius 1 is 0.686 bits per heavy atom. The van der Waals surface area contributed by atoms with E-state index < -0.39 is 12.1 Å². The number of halogens is 2. The summed E-state index contributed by atoms with van der Waals surface area (Å²) in [6.07, 6.45) is -0.157. The largest absolute Gasteiger partial charge is 0.479 e. The lowest BCUT2D eigenvalue weighted by Gasteiger charge is -2.15. The van der Waals surface area contributed by atoms with Crippen molar-refractivity contribution in [3.8, 4) is 16.9 Å². The first-order valence-corrected chi connectivity index (χ1v) is 11.8. The third kappa shape index (κ3) is 6.50. The number of hydrogen-bond donors (Lipinski definition) is 1. The lowest BCUT2D eigenvalue weighted by Crippen LogP contribution is -2.27. The molecule has 0 heterocycles. The van der Waals surface area contributed by atoms with Gasteiger partial charge in [0.2, 0.25) is 0 Å². The molecule has 0 saturated heterocycles. The van der Waals surface area contributed by atoms with Crippen LogP contribution in [0, 0.1) is 0 Å². The highest BCUT2D eigenvalue weighted by Crippen LogP contribution is 2.23. The smallest absolute Gasteiger partial charge is 0.344 e. The number of carbonyl (C=O) groups excluding carboxylic acids is 1. The molecule has 0 bridgehead atoms. The van der Waals surface area contributed by atoms with Crippen LogP contribution in [0.25, 0.3) is 11.1 Å². The minimum Gasteiger partial charge on any atom is -0.479 e. The Morgan fingerprint density at radius 3 is 1.66 bits per heavy atom. The van der Waals surface area contributed by atoms with Crippen LogP contribution in [-0.2, 0) is 11.2 Å². The van der Waals surface area contributed by atoms with E-state index in [-0.39, 0.29) is 5.78 Å². The topological polar surface area (TPSA) is 63.6 Å². The summed E-state index contributed by atoms with van der Waals surface area (Å²) in [7, 11) is 0. The SMILES string of the molecule is O=C(c1ccc(Cl)cc1)c1ccc(OC(CCc2ccc(-c3ccc(Cl)cc3)cc2)C(=O)O)cc1. The fourth-order valence-electron chi connectivity index (χ4n) is 3.65. The summed E-state index contributed by atoms with van der Waals surface area (Å²) in [4.78, 5) is 24.4. The average molecular weight is 505 g/mol. The lowest BCUT2D eigenvalue weighted by molar-refractivity contribution is -0.145. The van der Waals surface area contributed by atoms with Crippen LogP contribution >= 0.6 is 23.2 Å². The van der Waals surface area contributed by atoms with E-state index in [1.54, 1.807) is 48.5 Å². The molecule has 0 aliphatic rings. The number of aliphatic carboxylic acids is 1. The van der Waals surface area contributed by atoms with Crippen LogP contribution in [0.1, 0.15) is 27.9 Å². The maximum atomic E-state index is 12.6. The molecule has 0 radical (unpaired) electrons. The van der Waals surface area contributed by atoms with Crippen LogP contribution in [0.4, 0.5) is 0 Å². The molecule has 6 heteroatoms. The third-order valence-corrected chi connectivity index (χ3v) is 6.11. The number of carboxylic acids is 1. The zero-order valence-corrected chi connectivity index (χ0v) is 20.2. The molecule has 35 heavy (non-hydrogen) atoms. The minimum atomic E-state index is -1.04. The Morgan fingerprint density at radius 2 is 1.14 bits per heavy atom. The second kappa shape index (κ2) is 11.2. The normalized spacial score (nSPS) is 11.6. The number of rotatable bonds is 9. The summed E-state index contributed by atoms with van der Waals surface area (Å²) in [5.74, 6) is -0.794. The number of benzene rings is 4. The van der Waals surface area contributed by atoms with Gasteiger partial charge in [0, 0.05) is 21.2 Å². The van der Waals surface area contributed by atoms with Gasteiger partial charge in [-0.2, -0.15) is 0 Å². The number of hydrogen-bond acceptors (Lipinski definition) is 3. The van der Waals surface area contributed by atoms with Crippen LogP contribution in [0.15, 0.2) is 97.1 Å². The zero-order valence-electron chi connectivity index (χ0n) is 18.7. The van der Waals surface area contributed by atoms with E-state index in [0.717, 1.165) is 16.7 Å². The summed E-state index contributed by atoms with van der Waals surface area (Å²) < 4.78 is 5.72. The molecular weight excluding hydrogens is 483 g/mol. The van der Waals surface area contributed by atoms with Gasteiger partial charge >= 0.3 is 5.97 Å². The summed E-state index contributed by atoms with van der Waals surface area (Å²) in [5.41, 5.74) is 4.14. The van der Waals surface area contributed by atoms with E-state index in [1.165, 1.54) is 0 Å². The first kappa shape index (κ1) is 24.5. The maximum Gasteiger partial charge on any atom is 0.344 e. The van der Waals surface area contributed by atoms with Gasteiger partial charge in [-0.25, -0.2) is 4.79 Å². The summed E-state index contributed by atoms with van der Waals surface area (Å²) in [6.45, 7) is 0. The Balaban J connectivity index is 1.37. The molecule has 176 valence electrons. The van der Waals surface area contributed by atoms with E-state index >= 15 is 0 Å². The van der Waals surface area contributed by atoms with Crippen LogP contribution < -0.4 is 4.74 Å². The van der Waals surface area contributed by atoms with Crippen LogP contribution in [-0.4, -0.2) is 23.0 Å². The molecule has 0 aromatic heterocycles. The Kier molecular flexibility index (Phi) is 7.86. The predicted octanol–water partition coefficient (Wildman–Crippen LogP) is 7.36. The standard InChI is InChI=1S/C29H22Cl2O4/c30-24-12-6-21(7-13-24)20-4-1-19(2-5-20)3-18-27(29(33)34)35-26-16-10-23(11-17-26)28(32)22-8-14-25(31)15-9-22/h1-2,4-17,27H,3,18H2,(H,33,34). The molecule has 0 aliphatic carbocycles. The fraction of sp³-hybridized carbons (Fsp3) is 0.103. The van der Waals surface area contributed by atoms with Crippen molar-refractivity contribution in [2.45, 2.75) is 18.9 Å². The monoisotopic (exact) mass is 504 g/mol. The third-order valence-electron chi connectivity index (χ3n) is 5.60. The number of ether oxygens (including phenoxy) is 1. The Bertz CT molecular complexity index is 1300. The minimum absolute atomic E-state index is 0.148. The van der Waals surface area contributed by atoms with E-state index in [0.29, 0.717) is 39.8 Å². The van der Waals surface area contributed by atoms with Crippen LogP contribution in [0.2, 0.25) is 10.0 Å². The molecule has 1 N–H and O–H groups in total. The van der Waals surface area contributed by atoms with Gasteiger partial charge in [-0.15, -0.1) is 0 Å².